The Labute approximate surface area is 82.4 Å². The molecule has 1 saturated carbocycles. The second kappa shape index (κ2) is 3.48. The van der Waals surface area contributed by atoms with Crippen LogP contribution in [0.25, 0.3) is 0 Å². The molecule has 0 radical (unpaired) electrons. The van der Waals surface area contributed by atoms with Crippen LogP contribution in [0.5, 0.6) is 0 Å². The lowest BCUT2D eigenvalue weighted by molar-refractivity contribution is 0.205. The summed E-state index contributed by atoms with van der Waals surface area (Å²) in [7, 11) is 0. The van der Waals surface area contributed by atoms with Gasteiger partial charge in [0.15, 0.2) is 0 Å². The quantitative estimate of drug-likeness (QED) is 0.560. The molecule has 4 atom stereocenters. The van der Waals surface area contributed by atoms with E-state index in [9.17, 15) is 0 Å². The molecule has 1 fully saturated rings. The first-order valence-corrected chi connectivity index (χ1v) is 5.91. The van der Waals surface area contributed by atoms with Crippen molar-refractivity contribution in [1.82, 2.24) is 0 Å². The summed E-state index contributed by atoms with van der Waals surface area (Å²) in [6, 6.07) is 0. The molecular weight excluding hydrogens is 156 g/mol. The fraction of sp³-hybridized carbons (Fsp3) is 0.846. The van der Waals surface area contributed by atoms with Crippen LogP contribution >= 0.6 is 0 Å². The van der Waals surface area contributed by atoms with Crippen LogP contribution in [0.4, 0.5) is 0 Å². The van der Waals surface area contributed by atoms with E-state index in [-0.39, 0.29) is 0 Å². The summed E-state index contributed by atoms with van der Waals surface area (Å²) < 4.78 is 0. The first-order chi connectivity index (χ1) is 6.20. The van der Waals surface area contributed by atoms with Crippen LogP contribution in [-0.2, 0) is 0 Å². The molecule has 2 aliphatic rings. The molecule has 0 aromatic carbocycles. The Hall–Kier alpha value is -0.260. The van der Waals surface area contributed by atoms with Crippen molar-refractivity contribution in [3.63, 3.8) is 0 Å². The van der Waals surface area contributed by atoms with Crippen molar-refractivity contribution in [1.29, 1.82) is 0 Å². The van der Waals surface area contributed by atoms with Crippen molar-refractivity contribution in [3.8, 4) is 0 Å². The monoisotopic (exact) mass is 178 g/mol. The Kier molecular flexibility index (Phi) is 2.49. The van der Waals surface area contributed by atoms with Crippen LogP contribution in [0, 0.1) is 23.7 Å². The van der Waals surface area contributed by atoms with Crippen molar-refractivity contribution < 1.29 is 0 Å². The molecule has 13 heavy (non-hydrogen) atoms. The minimum absolute atomic E-state index is 0.837. The zero-order valence-electron chi connectivity index (χ0n) is 9.22. The van der Waals surface area contributed by atoms with Crippen molar-refractivity contribution in [3.05, 3.63) is 11.6 Å². The van der Waals surface area contributed by atoms with E-state index in [1.807, 2.05) is 0 Å². The third-order valence-electron chi connectivity index (χ3n) is 4.20. The lowest BCUT2D eigenvalue weighted by Gasteiger charge is -2.33. The molecule has 2 aliphatic carbocycles. The predicted octanol–water partition coefficient (Wildman–Crippen LogP) is 4.02. The number of hydrogen-bond acceptors (Lipinski definition) is 0. The predicted molar refractivity (Wildman–Crippen MR) is 57.5 cm³/mol. The van der Waals surface area contributed by atoms with E-state index in [2.05, 4.69) is 26.8 Å². The first kappa shape index (κ1) is 9.30. The van der Waals surface area contributed by atoms with Gasteiger partial charge in [0.2, 0.25) is 0 Å². The van der Waals surface area contributed by atoms with Crippen molar-refractivity contribution in [2.24, 2.45) is 23.7 Å². The molecule has 2 rings (SSSR count). The highest BCUT2D eigenvalue weighted by atomic mass is 14.4. The molecule has 0 heterocycles. The maximum atomic E-state index is 2.45. The van der Waals surface area contributed by atoms with Gasteiger partial charge in [-0.3, -0.25) is 0 Å². The fourth-order valence-electron chi connectivity index (χ4n) is 3.14. The van der Waals surface area contributed by atoms with E-state index in [1.54, 1.807) is 5.57 Å². The van der Waals surface area contributed by atoms with Crippen molar-refractivity contribution >= 4 is 0 Å². The minimum atomic E-state index is 0.837. The third kappa shape index (κ3) is 1.82. The first-order valence-electron chi connectivity index (χ1n) is 5.91. The molecule has 0 amide bonds. The summed E-state index contributed by atoms with van der Waals surface area (Å²) in [5, 5.41) is 0. The molecule has 0 saturated heterocycles. The van der Waals surface area contributed by atoms with E-state index in [4.69, 9.17) is 0 Å². The molecule has 0 heteroatoms. The fourth-order valence-corrected chi connectivity index (χ4v) is 3.14. The van der Waals surface area contributed by atoms with Crippen molar-refractivity contribution in [2.45, 2.75) is 46.5 Å². The van der Waals surface area contributed by atoms with E-state index in [0.29, 0.717) is 0 Å². The molecule has 0 aliphatic heterocycles. The third-order valence-corrected chi connectivity index (χ3v) is 4.20. The van der Waals surface area contributed by atoms with Crippen LogP contribution in [0.2, 0.25) is 0 Å². The Balaban J connectivity index is 1.94. The summed E-state index contributed by atoms with van der Waals surface area (Å²) >= 11 is 0. The summed E-state index contributed by atoms with van der Waals surface area (Å²) in [6.07, 6.45) is 8.34. The zero-order chi connectivity index (χ0) is 9.42. The molecular formula is C13H22. The summed E-state index contributed by atoms with van der Waals surface area (Å²) in [5.74, 6) is 3.68. The lowest BCUT2D eigenvalue weighted by Crippen LogP contribution is -2.23. The average molecular weight is 178 g/mol. The van der Waals surface area contributed by atoms with Gasteiger partial charge in [-0.2, -0.15) is 0 Å². The molecule has 0 aromatic heterocycles. The Bertz CT molecular complexity index is 214. The number of rotatable bonds is 2. The second-order valence-corrected chi connectivity index (χ2v) is 5.17. The highest BCUT2D eigenvalue weighted by Gasteiger charge is 2.33. The standard InChI is InChI=1S/C13H22/c1-9-6-4-5-7-12(9)11(3)13-8-10(13)2/h8-12H,4-7H2,1-3H3. The zero-order valence-corrected chi connectivity index (χ0v) is 9.22. The molecule has 4 unspecified atom stereocenters. The summed E-state index contributed by atoms with van der Waals surface area (Å²) in [4.78, 5) is 0. The van der Waals surface area contributed by atoms with Gasteiger partial charge in [0.05, 0.1) is 0 Å². The van der Waals surface area contributed by atoms with Crippen LogP contribution in [0.15, 0.2) is 11.6 Å². The van der Waals surface area contributed by atoms with Gasteiger partial charge in [0, 0.05) is 0 Å². The topological polar surface area (TPSA) is 0 Å². The van der Waals surface area contributed by atoms with Crippen LogP contribution in [0.3, 0.4) is 0 Å². The van der Waals surface area contributed by atoms with E-state index in [1.165, 1.54) is 25.7 Å². The van der Waals surface area contributed by atoms with Crippen LogP contribution in [-0.4, -0.2) is 0 Å². The van der Waals surface area contributed by atoms with Gasteiger partial charge in [-0.05, 0) is 30.1 Å². The van der Waals surface area contributed by atoms with Gasteiger partial charge in [-0.1, -0.05) is 51.7 Å². The SMILES string of the molecule is CC1C=C1C(C)C1CCCCC1C. The minimum Gasteiger partial charge on any atom is -0.0775 e. The molecule has 0 aromatic rings. The van der Waals surface area contributed by atoms with Gasteiger partial charge in [0.1, 0.15) is 0 Å². The molecule has 0 N–H and O–H groups in total. The maximum Gasteiger partial charge on any atom is -0.00457 e. The number of hydrogen-bond donors (Lipinski definition) is 0. The lowest BCUT2D eigenvalue weighted by atomic mass is 9.72. The van der Waals surface area contributed by atoms with Gasteiger partial charge in [0.25, 0.3) is 0 Å². The molecule has 0 nitrogen and oxygen atoms in total. The van der Waals surface area contributed by atoms with Gasteiger partial charge in [-0.25, -0.2) is 0 Å². The smallest absolute Gasteiger partial charge is 0.00457 e. The van der Waals surface area contributed by atoms with E-state index < -0.39 is 0 Å². The number of allylic oxidation sites excluding steroid dienone is 2. The highest BCUT2D eigenvalue weighted by Crippen LogP contribution is 2.44. The summed E-state index contributed by atoms with van der Waals surface area (Å²) in [5.41, 5.74) is 1.75. The molecule has 0 bridgehead atoms. The molecule has 0 spiro atoms. The van der Waals surface area contributed by atoms with Crippen LogP contribution < -0.4 is 0 Å². The van der Waals surface area contributed by atoms with Gasteiger partial charge < -0.3 is 0 Å². The Morgan fingerprint density at radius 3 is 2.38 bits per heavy atom. The van der Waals surface area contributed by atoms with Crippen molar-refractivity contribution in [2.75, 3.05) is 0 Å². The largest absolute Gasteiger partial charge is 0.0775 e. The Morgan fingerprint density at radius 2 is 1.85 bits per heavy atom. The van der Waals surface area contributed by atoms with Gasteiger partial charge in [-0.15, -0.1) is 0 Å². The normalized spacial score (nSPS) is 41.2. The second-order valence-electron chi connectivity index (χ2n) is 5.17. The summed E-state index contributed by atoms with van der Waals surface area (Å²) in [6.45, 7) is 7.23. The van der Waals surface area contributed by atoms with E-state index in [0.717, 1.165) is 23.7 Å². The van der Waals surface area contributed by atoms with Crippen LogP contribution in [0.1, 0.15) is 46.5 Å². The average Bonchev–Trinajstić information content (AvgIpc) is 2.82. The van der Waals surface area contributed by atoms with E-state index >= 15 is 0 Å². The highest BCUT2D eigenvalue weighted by molar-refractivity contribution is 5.30. The van der Waals surface area contributed by atoms with Gasteiger partial charge >= 0.3 is 0 Å². The maximum absolute atomic E-state index is 2.45. The molecule has 74 valence electrons. The Morgan fingerprint density at radius 1 is 1.23 bits per heavy atom.